The number of carbonyl (C=O) groups excluding carboxylic acids is 2. The quantitative estimate of drug-likeness (QED) is 0.0320. The van der Waals surface area contributed by atoms with Crippen LogP contribution in [0.15, 0.2) is 24.3 Å². The summed E-state index contributed by atoms with van der Waals surface area (Å²) in [4.78, 5) is 24.6. The van der Waals surface area contributed by atoms with Crippen LogP contribution in [0.1, 0.15) is 354 Å². The SMILES string of the molecule is CCCCCCC/C=C\CCCCCCCC(=O)OCCCCCCCCCCC/C=C\CCCCCCCCCC(=O)NC(CO)C(O)CCCCCCCCCCCCCCCCCCCCCC. The lowest BCUT2D eigenvalue weighted by atomic mass is 10.0. The zero-order valence-electron chi connectivity index (χ0n) is 48.0. The maximum absolute atomic E-state index is 12.5. The van der Waals surface area contributed by atoms with Crippen molar-refractivity contribution in [2.45, 2.75) is 366 Å². The van der Waals surface area contributed by atoms with Gasteiger partial charge in [0, 0.05) is 12.8 Å². The van der Waals surface area contributed by atoms with Crippen LogP contribution in [-0.4, -0.2) is 47.4 Å². The third kappa shape index (κ3) is 57.5. The van der Waals surface area contributed by atoms with Crippen LogP contribution in [0.2, 0.25) is 0 Å². The summed E-state index contributed by atoms with van der Waals surface area (Å²) in [6, 6.07) is -0.549. The third-order valence-electron chi connectivity index (χ3n) is 15.0. The predicted molar refractivity (Wildman–Crippen MR) is 310 cm³/mol. The van der Waals surface area contributed by atoms with Gasteiger partial charge in [0.2, 0.25) is 5.91 Å². The lowest BCUT2D eigenvalue weighted by molar-refractivity contribution is -0.143. The molecule has 0 saturated heterocycles. The van der Waals surface area contributed by atoms with Crippen molar-refractivity contribution in [3.8, 4) is 0 Å². The number of unbranched alkanes of at least 4 members (excludes halogenated alkanes) is 45. The van der Waals surface area contributed by atoms with E-state index in [9.17, 15) is 19.8 Å². The summed E-state index contributed by atoms with van der Waals surface area (Å²) in [6.45, 7) is 4.96. The minimum absolute atomic E-state index is 0.00167. The Balaban J connectivity index is 3.43. The summed E-state index contributed by atoms with van der Waals surface area (Å²) in [5.74, 6) is -0.0421. The van der Waals surface area contributed by atoms with Gasteiger partial charge in [-0.2, -0.15) is 0 Å². The normalized spacial score (nSPS) is 12.7. The van der Waals surface area contributed by atoms with Crippen LogP contribution in [0.25, 0.3) is 0 Å². The summed E-state index contributed by atoms with van der Waals surface area (Å²) in [5.41, 5.74) is 0. The fraction of sp³-hybridized carbons (Fsp3) is 0.908. The van der Waals surface area contributed by atoms with Crippen molar-refractivity contribution < 1.29 is 24.5 Å². The Bertz CT molecular complexity index is 1110. The van der Waals surface area contributed by atoms with Crippen LogP contribution >= 0.6 is 0 Å². The van der Waals surface area contributed by atoms with Crippen molar-refractivity contribution in [2.24, 2.45) is 0 Å². The van der Waals surface area contributed by atoms with Gasteiger partial charge in [0.25, 0.3) is 0 Å². The van der Waals surface area contributed by atoms with Crippen LogP contribution < -0.4 is 5.32 Å². The van der Waals surface area contributed by atoms with E-state index in [0.29, 0.717) is 25.9 Å². The van der Waals surface area contributed by atoms with Crippen LogP contribution in [0.5, 0.6) is 0 Å². The molecule has 0 aliphatic carbocycles. The minimum Gasteiger partial charge on any atom is -0.466 e. The maximum atomic E-state index is 12.5. The molecule has 0 aromatic heterocycles. The van der Waals surface area contributed by atoms with Gasteiger partial charge >= 0.3 is 5.97 Å². The standard InChI is InChI=1S/C65H125NO5/c1-3-5-7-9-11-13-15-17-19-20-21-24-27-30-33-37-41-45-49-53-57-63(68)62(61-67)66-64(69)58-54-50-46-42-38-34-31-28-25-22-23-26-29-32-36-40-44-48-52-56-60-71-65(70)59-55-51-47-43-39-35-18-16-14-12-10-8-6-4-2/h16,18,22,25,62-63,67-68H,3-15,17,19-21,23-24,26-61H2,1-2H3,(H,66,69)/b18-16-,25-22-. The highest BCUT2D eigenvalue weighted by Crippen LogP contribution is 2.18. The van der Waals surface area contributed by atoms with Gasteiger partial charge in [-0.3, -0.25) is 9.59 Å². The largest absolute Gasteiger partial charge is 0.466 e. The number of allylic oxidation sites excluding steroid dienone is 4. The van der Waals surface area contributed by atoms with Gasteiger partial charge in [0.1, 0.15) is 0 Å². The van der Waals surface area contributed by atoms with Crippen molar-refractivity contribution in [3.05, 3.63) is 24.3 Å². The molecular formula is C65H125NO5. The van der Waals surface area contributed by atoms with Gasteiger partial charge in [0.05, 0.1) is 25.4 Å². The Morgan fingerprint density at radius 3 is 1.00 bits per heavy atom. The second-order valence-electron chi connectivity index (χ2n) is 22.1. The number of ether oxygens (including phenoxy) is 1. The molecule has 0 aromatic rings. The summed E-state index contributed by atoms with van der Waals surface area (Å²) < 4.78 is 5.47. The highest BCUT2D eigenvalue weighted by atomic mass is 16.5. The molecule has 0 fully saturated rings. The first-order chi connectivity index (χ1) is 35.0. The molecule has 2 unspecified atom stereocenters. The maximum Gasteiger partial charge on any atom is 0.305 e. The van der Waals surface area contributed by atoms with Gasteiger partial charge < -0.3 is 20.3 Å². The van der Waals surface area contributed by atoms with Crippen molar-refractivity contribution in [1.82, 2.24) is 5.32 Å². The molecule has 0 rings (SSSR count). The van der Waals surface area contributed by atoms with Crippen LogP contribution in [0.4, 0.5) is 0 Å². The summed E-state index contributed by atoms with van der Waals surface area (Å²) in [7, 11) is 0. The lowest BCUT2D eigenvalue weighted by Crippen LogP contribution is -2.45. The number of hydrogen-bond donors (Lipinski definition) is 3. The molecule has 0 aliphatic rings. The number of nitrogens with one attached hydrogen (secondary N) is 1. The molecule has 6 heteroatoms. The van der Waals surface area contributed by atoms with E-state index in [-0.39, 0.29) is 18.5 Å². The average Bonchev–Trinajstić information content (AvgIpc) is 3.37. The Morgan fingerprint density at radius 2 is 0.662 bits per heavy atom. The highest BCUT2D eigenvalue weighted by Gasteiger charge is 2.20. The highest BCUT2D eigenvalue weighted by molar-refractivity contribution is 5.76. The zero-order chi connectivity index (χ0) is 51.4. The number of rotatable bonds is 60. The predicted octanol–water partition coefficient (Wildman–Crippen LogP) is 20.2. The number of aliphatic hydroxyl groups excluding tert-OH is 2. The molecule has 6 nitrogen and oxygen atoms in total. The smallest absolute Gasteiger partial charge is 0.305 e. The number of carbonyl (C=O) groups is 2. The number of amides is 1. The van der Waals surface area contributed by atoms with Gasteiger partial charge in [-0.15, -0.1) is 0 Å². The molecule has 71 heavy (non-hydrogen) atoms. The summed E-state index contributed by atoms with van der Waals surface area (Å²) in [6.07, 6.45) is 74.7. The first kappa shape index (κ1) is 69.3. The molecule has 2 atom stereocenters. The number of aliphatic hydroxyl groups is 2. The second kappa shape index (κ2) is 60.9. The van der Waals surface area contributed by atoms with E-state index < -0.39 is 12.1 Å². The number of hydrogen-bond acceptors (Lipinski definition) is 5. The summed E-state index contributed by atoms with van der Waals surface area (Å²) >= 11 is 0. The molecule has 0 aromatic carbocycles. The zero-order valence-corrected chi connectivity index (χ0v) is 48.0. The number of esters is 1. The van der Waals surface area contributed by atoms with Gasteiger partial charge in [-0.1, -0.05) is 289 Å². The molecule has 0 radical (unpaired) electrons. The molecule has 0 heterocycles. The van der Waals surface area contributed by atoms with Crippen LogP contribution in [0, 0.1) is 0 Å². The Kier molecular flexibility index (Phi) is 59.5. The van der Waals surface area contributed by atoms with Crippen LogP contribution in [0.3, 0.4) is 0 Å². The Morgan fingerprint density at radius 1 is 0.380 bits per heavy atom. The van der Waals surface area contributed by atoms with Gasteiger partial charge in [0.15, 0.2) is 0 Å². The van der Waals surface area contributed by atoms with E-state index >= 15 is 0 Å². The average molecular weight is 1000 g/mol. The molecule has 420 valence electrons. The Labute approximate surface area is 443 Å². The van der Waals surface area contributed by atoms with E-state index in [1.54, 1.807) is 0 Å². The van der Waals surface area contributed by atoms with E-state index in [1.165, 1.54) is 276 Å². The van der Waals surface area contributed by atoms with Crippen molar-refractivity contribution >= 4 is 11.9 Å². The fourth-order valence-electron chi connectivity index (χ4n) is 10.0. The monoisotopic (exact) mass is 1000 g/mol. The van der Waals surface area contributed by atoms with Gasteiger partial charge in [-0.05, 0) is 77.0 Å². The van der Waals surface area contributed by atoms with E-state index in [1.807, 2.05) is 0 Å². The van der Waals surface area contributed by atoms with Crippen LogP contribution in [-0.2, 0) is 14.3 Å². The molecule has 3 N–H and O–H groups in total. The molecule has 0 saturated carbocycles. The first-order valence-corrected chi connectivity index (χ1v) is 32.1. The fourth-order valence-corrected chi connectivity index (χ4v) is 10.0. The van der Waals surface area contributed by atoms with Crippen molar-refractivity contribution in [1.29, 1.82) is 0 Å². The molecule has 0 bridgehead atoms. The third-order valence-corrected chi connectivity index (χ3v) is 15.0. The molecule has 0 aliphatic heterocycles. The van der Waals surface area contributed by atoms with Crippen molar-refractivity contribution in [2.75, 3.05) is 13.2 Å². The second-order valence-corrected chi connectivity index (χ2v) is 22.1. The van der Waals surface area contributed by atoms with E-state index in [4.69, 9.17) is 4.74 Å². The topological polar surface area (TPSA) is 95.9 Å². The van der Waals surface area contributed by atoms with Crippen molar-refractivity contribution in [3.63, 3.8) is 0 Å². The molecule has 0 spiro atoms. The minimum atomic E-state index is -0.671. The van der Waals surface area contributed by atoms with Gasteiger partial charge in [-0.25, -0.2) is 0 Å². The van der Waals surface area contributed by atoms with E-state index in [0.717, 1.165) is 44.9 Å². The summed E-state index contributed by atoms with van der Waals surface area (Å²) in [5, 5.41) is 23.4. The first-order valence-electron chi connectivity index (χ1n) is 32.1. The lowest BCUT2D eigenvalue weighted by Gasteiger charge is -2.22. The molecular weight excluding hydrogens is 875 g/mol. The Hall–Kier alpha value is -1.66. The molecule has 1 amide bonds. The van der Waals surface area contributed by atoms with E-state index in [2.05, 4.69) is 43.5 Å².